The SMILES string of the molecule is COC(=O)Cn1c(=NC(=O)CSCC(=O)Nc2sc3c(c2C(=O)OC)CCCCC3)sc2cc(C(=O)OC)ccc21. The summed E-state index contributed by atoms with van der Waals surface area (Å²) < 4.78 is 16.7. The molecule has 41 heavy (non-hydrogen) atoms. The van der Waals surface area contributed by atoms with E-state index in [-0.39, 0.29) is 28.8 Å². The molecule has 1 aliphatic rings. The topological polar surface area (TPSA) is 142 Å². The van der Waals surface area contributed by atoms with Gasteiger partial charge in [-0.25, -0.2) is 9.59 Å². The monoisotopic (exact) mass is 619 g/mol. The summed E-state index contributed by atoms with van der Waals surface area (Å²) in [4.78, 5) is 67.4. The fourth-order valence-electron chi connectivity index (χ4n) is 4.43. The van der Waals surface area contributed by atoms with E-state index in [9.17, 15) is 24.0 Å². The number of aromatic nitrogens is 1. The van der Waals surface area contributed by atoms with Gasteiger partial charge in [0.05, 0.1) is 54.2 Å². The van der Waals surface area contributed by atoms with Gasteiger partial charge in [0, 0.05) is 4.88 Å². The Morgan fingerprint density at radius 2 is 1.71 bits per heavy atom. The van der Waals surface area contributed by atoms with Gasteiger partial charge in [-0.1, -0.05) is 17.8 Å². The number of ether oxygens (including phenoxy) is 3. The normalized spacial score (nSPS) is 13.3. The number of benzene rings is 1. The molecular formula is C27H29N3O8S3. The number of esters is 3. The Labute approximate surface area is 247 Å². The predicted octanol–water partition coefficient (Wildman–Crippen LogP) is 3.58. The number of hydrogen-bond acceptors (Lipinski definition) is 11. The third kappa shape index (κ3) is 7.24. The van der Waals surface area contributed by atoms with Crippen LogP contribution in [-0.2, 0) is 48.0 Å². The van der Waals surface area contributed by atoms with Gasteiger partial charge in [0.2, 0.25) is 5.91 Å². The number of anilines is 1. The zero-order chi connectivity index (χ0) is 29.5. The smallest absolute Gasteiger partial charge is 0.341 e. The van der Waals surface area contributed by atoms with Crippen LogP contribution in [0, 0.1) is 0 Å². The van der Waals surface area contributed by atoms with Crippen molar-refractivity contribution < 1.29 is 38.2 Å². The molecule has 1 N–H and O–H groups in total. The molecule has 0 bridgehead atoms. The Kier molecular flexibility index (Phi) is 10.3. The molecule has 1 aromatic carbocycles. The number of amides is 2. The lowest BCUT2D eigenvalue weighted by molar-refractivity contribution is -0.141. The average molecular weight is 620 g/mol. The van der Waals surface area contributed by atoms with Gasteiger partial charge in [-0.15, -0.1) is 23.1 Å². The van der Waals surface area contributed by atoms with E-state index < -0.39 is 23.8 Å². The molecule has 2 heterocycles. The van der Waals surface area contributed by atoms with Crippen LogP contribution in [0.1, 0.15) is 50.4 Å². The maximum atomic E-state index is 12.7. The minimum Gasteiger partial charge on any atom is -0.468 e. The van der Waals surface area contributed by atoms with Crippen LogP contribution in [0.2, 0.25) is 0 Å². The first-order chi connectivity index (χ1) is 19.7. The first kappa shape index (κ1) is 30.5. The molecule has 11 nitrogen and oxygen atoms in total. The third-order valence-electron chi connectivity index (χ3n) is 6.36. The Morgan fingerprint density at radius 3 is 2.44 bits per heavy atom. The Balaban J connectivity index is 1.46. The molecule has 4 rings (SSSR count). The minimum atomic E-state index is -0.529. The molecular weight excluding hydrogens is 591 g/mol. The van der Waals surface area contributed by atoms with E-state index in [2.05, 4.69) is 10.3 Å². The van der Waals surface area contributed by atoms with Crippen molar-refractivity contribution in [1.82, 2.24) is 4.57 Å². The second-order valence-corrected chi connectivity index (χ2v) is 12.1. The lowest BCUT2D eigenvalue weighted by Gasteiger charge is -2.07. The first-order valence-electron chi connectivity index (χ1n) is 12.7. The molecule has 0 saturated carbocycles. The van der Waals surface area contributed by atoms with Crippen molar-refractivity contribution in [3.05, 3.63) is 44.6 Å². The molecule has 0 saturated heterocycles. The molecule has 0 radical (unpaired) electrons. The van der Waals surface area contributed by atoms with Crippen LogP contribution in [0.3, 0.4) is 0 Å². The fraction of sp³-hybridized carbons (Fsp3) is 0.407. The second-order valence-electron chi connectivity index (χ2n) is 9.03. The third-order valence-corrected chi connectivity index (χ3v) is 9.53. The zero-order valence-corrected chi connectivity index (χ0v) is 25.2. The molecule has 14 heteroatoms. The highest BCUT2D eigenvalue weighted by Crippen LogP contribution is 2.38. The molecule has 3 aromatic rings. The molecule has 1 aliphatic carbocycles. The highest BCUT2D eigenvalue weighted by atomic mass is 32.2. The van der Waals surface area contributed by atoms with Crippen LogP contribution in [-0.4, -0.2) is 67.1 Å². The fourth-order valence-corrected chi connectivity index (χ4v) is 7.41. The number of nitrogens with zero attached hydrogens (tertiary/aromatic N) is 2. The van der Waals surface area contributed by atoms with Crippen LogP contribution >= 0.6 is 34.4 Å². The number of fused-ring (bicyclic) bond motifs is 2. The van der Waals surface area contributed by atoms with Gasteiger partial charge in [0.1, 0.15) is 11.5 Å². The van der Waals surface area contributed by atoms with Crippen molar-refractivity contribution in [2.75, 3.05) is 38.2 Å². The van der Waals surface area contributed by atoms with Crippen molar-refractivity contribution in [3.63, 3.8) is 0 Å². The number of hydrogen-bond donors (Lipinski definition) is 1. The number of methoxy groups -OCH3 is 3. The number of carbonyl (C=O) groups is 5. The predicted molar refractivity (Wildman–Crippen MR) is 157 cm³/mol. The number of aryl methyl sites for hydroxylation is 1. The first-order valence-corrected chi connectivity index (χ1v) is 15.5. The van der Waals surface area contributed by atoms with Crippen LogP contribution in [0.25, 0.3) is 10.2 Å². The molecule has 2 aromatic heterocycles. The van der Waals surface area contributed by atoms with E-state index >= 15 is 0 Å². The quantitative estimate of drug-likeness (QED) is 0.216. The number of nitrogens with one attached hydrogen (secondary N) is 1. The van der Waals surface area contributed by atoms with Crippen LogP contribution in [0.15, 0.2) is 23.2 Å². The van der Waals surface area contributed by atoms with Gasteiger partial charge in [-0.3, -0.25) is 14.4 Å². The lowest BCUT2D eigenvalue weighted by atomic mass is 10.1. The van der Waals surface area contributed by atoms with Crippen molar-refractivity contribution in [1.29, 1.82) is 0 Å². The number of thiophene rings is 1. The van der Waals surface area contributed by atoms with Crippen LogP contribution in [0.5, 0.6) is 0 Å². The van der Waals surface area contributed by atoms with Crippen molar-refractivity contribution >= 4 is 79.4 Å². The summed E-state index contributed by atoms with van der Waals surface area (Å²) in [6.07, 6.45) is 4.75. The molecule has 0 unspecified atom stereocenters. The highest BCUT2D eigenvalue weighted by molar-refractivity contribution is 8.00. The summed E-state index contributed by atoms with van der Waals surface area (Å²) in [5.41, 5.74) is 2.30. The van der Waals surface area contributed by atoms with Gasteiger partial charge < -0.3 is 24.1 Å². The molecule has 0 atom stereocenters. The molecule has 0 fully saturated rings. The Bertz CT molecular complexity index is 1570. The zero-order valence-electron chi connectivity index (χ0n) is 22.8. The second kappa shape index (κ2) is 13.9. The summed E-state index contributed by atoms with van der Waals surface area (Å²) in [7, 11) is 3.86. The summed E-state index contributed by atoms with van der Waals surface area (Å²) in [5.74, 6) is -2.47. The standard InChI is InChI=1S/C27H29N3O8S3/c1-36-22(33)12-30-17-10-9-15(25(34)37-2)11-19(17)41-27(30)29-21(32)14-39-13-20(31)28-24-23(26(35)38-3)16-7-5-4-6-8-18(16)40-24/h9-11H,4-8,12-14H2,1-3H3,(H,28,31). The maximum absolute atomic E-state index is 12.7. The van der Waals surface area contributed by atoms with Gasteiger partial charge in [0.25, 0.3) is 5.91 Å². The molecule has 0 spiro atoms. The highest BCUT2D eigenvalue weighted by Gasteiger charge is 2.26. The Morgan fingerprint density at radius 1 is 0.951 bits per heavy atom. The summed E-state index contributed by atoms with van der Waals surface area (Å²) in [6, 6.07) is 4.82. The van der Waals surface area contributed by atoms with Gasteiger partial charge in [0.15, 0.2) is 4.80 Å². The summed E-state index contributed by atoms with van der Waals surface area (Å²) in [5, 5.41) is 3.30. The molecule has 218 valence electrons. The van der Waals surface area contributed by atoms with E-state index in [1.807, 2.05) is 0 Å². The van der Waals surface area contributed by atoms with Gasteiger partial charge in [-0.2, -0.15) is 4.99 Å². The van der Waals surface area contributed by atoms with Gasteiger partial charge >= 0.3 is 17.9 Å². The van der Waals surface area contributed by atoms with E-state index in [0.29, 0.717) is 26.3 Å². The van der Waals surface area contributed by atoms with Crippen LogP contribution < -0.4 is 10.1 Å². The number of rotatable bonds is 9. The Hall–Kier alpha value is -3.49. The lowest BCUT2D eigenvalue weighted by Crippen LogP contribution is -2.23. The van der Waals surface area contributed by atoms with Crippen LogP contribution in [0.4, 0.5) is 5.00 Å². The van der Waals surface area contributed by atoms with Gasteiger partial charge in [-0.05, 0) is 49.4 Å². The largest absolute Gasteiger partial charge is 0.468 e. The van der Waals surface area contributed by atoms with Crippen molar-refractivity contribution in [2.24, 2.45) is 4.99 Å². The van der Waals surface area contributed by atoms with E-state index in [0.717, 1.165) is 65.6 Å². The van der Waals surface area contributed by atoms with Crippen molar-refractivity contribution in [2.45, 2.75) is 38.6 Å². The average Bonchev–Trinajstić information content (AvgIpc) is 3.37. The maximum Gasteiger partial charge on any atom is 0.341 e. The minimum absolute atomic E-state index is 0.0263. The number of carbonyl (C=O) groups excluding carboxylic acids is 5. The number of thioether (sulfide) groups is 1. The molecule has 2 amide bonds. The summed E-state index contributed by atoms with van der Waals surface area (Å²) >= 11 is 3.63. The van der Waals surface area contributed by atoms with E-state index in [1.54, 1.807) is 18.2 Å². The number of thiazole rings is 1. The molecule has 0 aliphatic heterocycles. The van der Waals surface area contributed by atoms with Crippen molar-refractivity contribution in [3.8, 4) is 0 Å². The van der Waals surface area contributed by atoms with E-state index in [4.69, 9.17) is 14.2 Å². The van der Waals surface area contributed by atoms with E-state index in [1.165, 1.54) is 37.2 Å². The summed E-state index contributed by atoms with van der Waals surface area (Å²) in [6.45, 7) is -0.178.